The number of anilines is 1. The summed E-state index contributed by atoms with van der Waals surface area (Å²) in [6.07, 6.45) is 4.60. The van der Waals surface area contributed by atoms with Gasteiger partial charge in [0.25, 0.3) is 0 Å². The van der Waals surface area contributed by atoms with Crippen molar-refractivity contribution < 1.29 is 13.7 Å². The summed E-state index contributed by atoms with van der Waals surface area (Å²) >= 11 is -1.70. The van der Waals surface area contributed by atoms with Gasteiger partial charge in [0, 0.05) is 26.3 Å². The maximum Gasteiger partial charge on any atom is 0.410 e. The molecule has 140 valence electrons. The second kappa shape index (κ2) is 8.33. The van der Waals surface area contributed by atoms with Crippen LogP contribution in [0.15, 0.2) is 42.7 Å². The van der Waals surface area contributed by atoms with Gasteiger partial charge in [-0.05, 0) is 18.4 Å². The van der Waals surface area contributed by atoms with Crippen LogP contribution in [0.4, 0.5) is 10.5 Å². The third-order valence-electron chi connectivity index (χ3n) is 4.33. The normalized spacial score (nSPS) is 18.4. The quantitative estimate of drug-likeness (QED) is 0.856. The van der Waals surface area contributed by atoms with Crippen molar-refractivity contribution in [1.29, 1.82) is 0 Å². The monoisotopic (exact) mass is 377 g/mol. The highest BCUT2D eigenvalue weighted by atomic mass is 32.2. The summed E-state index contributed by atoms with van der Waals surface area (Å²) in [5.41, 5.74) is 1.62. The number of hydrogen-bond donors (Lipinski definition) is 1. The van der Waals surface area contributed by atoms with E-state index in [2.05, 4.69) is 5.10 Å². The molecule has 2 N–H and O–H groups in total. The third-order valence-corrected chi connectivity index (χ3v) is 5.23. The number of likely N-dealkylation sites (tertiary alicyclic amines) is 1. The molecule has 1 aliphatic rings. The molecule has 3 rings (SSSR count). The predicted octanol–water partition coefficient (Wildman–Crippen LogP) is 1.57. The molecule has 1 amide bonds. The number of nitrogens with two attached hydrogens (primary N) is 1. The second-order valence-corrected chi connectivity index (χ2v) is 7.20. The first-order valence-corrected chi connectivity index (χ1v) is 9.61. The smallest absolute Gasteiger partial charge is 0.410 e. The standard InChI is InChI=1S/C17H23N5O3S/c1-20-11-16(10-19-20)22(26(18)24)15-8-5-9-21(12-15)17(23)25-13-14-6-3-2-4-7-14/h2-4,6-7,10-11,15H,5,8-9,12-13,18H2,1H3. The molecular weight excluding hydrogens is 354 g/mol. The molecule has 9 heteroatoms. The zero-order valence-corrected chi connectivity index (χ0v) is 15.5. The van der Waals surface area contributed by atoms with Crippen LogP contribution in [-0.4, -0.2) is 44.1 Å². The molecule has 2 aromatic rings. The van der Waals surface area contributed by atoms with Gasteiger partial charge in [0.15, 0.2) is 11.2 Å². The van der Waals surface area contributed by atoms with Crippen molar-refractivity contribution in [2.24, 2.45) is 12.2 Å². The Morgan fingerprint density at radius 2 is 2.19 bits per heavy atom. The van der Waals surface area contributed by atoms with Gasteiger partial charge in [-0.25, -0.2) is 14.1 Å². The minimum Gasteiger partial charge on any atom is -0.445 e. The Hall–Kier alpha value is -2.39. The van der Waals surface area contributed by atoms with Crippen LogP contribution in [0.1, 0.15) is 18.4 Å². The molecule has 0 aliphatic carbocycles. The molecule has 1 fully saturated rings. The topological polar surface area (TPSA) is 93.7 Å². The fourth-order valence-electron chi connectivity index (χ4n) is 3.11. The fourth-order valence-corrected chi connectivity index (χ4v) is 3.87. The van der Waals surface area contributed by atoms with Crippen LogP contribution in [0.25, 0.3) is 0 Å². The zero-order chi connectivity index (χ0) is 18.5. The minimum absolute atomic E-state index is 0.150. The Kier molecular flexibility index (Phi) is 5.89. The number of rotatable bonds is 5. The van der Waals surface area contributed by atoms with Gasteiger partial charge in [-0.1, -0.05) is 30.3 Å². The maximum absolute atomic E-state index is 12.4. The first kappa shape index (κ1) is 18.4. The largest absolute Gasteiger partial charge is 0.445 e. The summed E-state index contributed by atoms with van der Waals surface area (Å²) in [7, 11) is 1.79. The molecule has 8 nitrogen and oxygen atoms in total. The Balaban J connectivity index is 1.64. The van der Waals surface area contributed by atoms with E-state index in [1.807, 2.05) is 30.3 Å². The SMILES string of the molecule is Cn1cc(N(C2CCCN(C(=O)OCc3ccccc3)C2)S(N)=O)cn1. The number of carbonyl (C=O) groups is 1. The number of benzene rings is 1. The summed E-state index contributed by atoms with van der Waals surface area (Å²) in [5, 5.41) is 9.80. The van der Waals surface area contributed by atoms with Gasteiger partial charge in [-0.2, -0.15) is 5.10 Å². The van der Waals surface area contributed by atoms with E-state index in [1.54, 1.807) is 33.3 Å². The Morgan fingerprint density at radius 3 is 2.85 bits per heavy atom. The Bertz CT molecular complexity index is 767. The molecule has 0 spiro atoms. The summed E-state index contributed by atoms with van der Waals surface area (Å²) < 4.78 is 20.7. The second-order valence-electron chi connectivity index (χ2n) is 6.26. The van der Waals surface area contributed by atoms with Gasteiger partial charge in [-0.3, -0.25) is 8.99 Å². The zero-order valence-electron chi connectivity index (χ0n) is 14.7. The summed E-state index contributed by atoms with van der Waals surface area (Å²) in [4.78, 5) is 14.1. The molecule has 1 aromatic carbocycles. The van der Waals surface area contributed by atoms with Gasteiger partial charge in [-0.15, -0.1) is 0 Å². The highest BCUT2D eigenvalue weighted by Gasteiger charge is 2.31. The van der Waals surface area contributed by atoms with Crippen LogP contribution in [0.3, 0.4) is 0 Å². The van der Waals surface area contributed by atoms with Crippen LogP contribution in [0.2, 0.25) is 0 Å². The van der Waals surface area contributed by atoms with Crippen molar-refractivity contribution in [2.75, 3.05) is 17.4 Å². The van der Waals surface area contributed by atoms with Crippen molar-refractivity contribution in [2.45, 2.75) is 25.5 Å². The molecule has 1 aromatic heterocycles. The lowest BCUT2D eigenvalue weighted by Gasteiger charge is -2.37. The molecule has 1 saturated heterocycles. The van der Waals surface area contributed by atoms with Crippen LogP contribution in [0, 0.1) is 0 Å². The van der Waals surface area contributed by atoms with Gasteiger partial charge < -0.3 is 9.64 Å². The molecule has 2 atom stereocenters. The number of aryl methyl sites for hydroxylation is 1. The van der Waals surface area contributed by atoms with E-state index < -0.39 is 11.2 Å². The van der Waals surface area contributed by atoms with E-state index in [4.69, 9.17) is 9.88 Å². The first-order chi connectivity index (χ1) is 12.5. The Labute approximate surface area is 155 Å². The number of hydrogen-bond acceptors (Lipinski definition) is 4. The van der Waals surface area contributed by atoms with Crippen LogP contribution < -0.4 is 9.44 Å². The number of amides is 1. The number of ether oxygens (including phenoxy) is 1. The third kappa shape index (κ3) is 4.41. The molecular formula is C17H23N5O3S. The van der Waals surface area contributed by atoms with E-state index in [0.717, 1.165) is 18.4 Å². The van der Waals surface area contributed by atoms with Crippen LogP contribution in [-0.2, 0) is 29.6 Å². The average Bonchev–Trinajstić information content (AvgIpc) is 3.06. The fraction of sp³-hybridized carbons (Fsp3) is 0.412. The number of carbonyl (C=O) groups excluding carboxylic acids is 1. The van der Waals surface area contributed by atoms with Gasteiger partial charge >= 0.3 is 6.09 Å². The van der Waals surface area contributed by atoms with Crippen LogP contribution >= 0.6 is 0 Å². The minimum atomic E-state index is -1.70. The van der Waals surface area contributed by atoms with Gasteiger partial charge in [0.1, 0.15) is 6.61 Å². The maximum atomic E-state index is 12.4. The summed E-state index contributed by atoms with van der Waals surface area (Å²) in [6, 6.07) is 9.40. The summed E-state index contributed by atoms with van der Waals surface area (Å²) in [5.74, 6) is 0. The lowest BCUT2D eigenvalue weighted by atomic mass is 10.1. The van der Waals surface area contributed by atoms with Crippen molar-refractivity contribution in [3.8, 4) is 0 Å². The highest BCUT2D eigenvalue weighted by Crippen LogP contribution is 2.23. The molecule has 26 heavy (non-hydrogen) atoms. The van der Waals surface area contributed by atoms with Crippen molar-refractivity contribution in [1.82, 2.24) is 14.7 Å². The van der Waals surface area contributed by atoms with Crippen molar-refractivity contribution in [3.63, 3.8) is 0 Å². The molecule has 0 radical (unpaired) electrons. The molecule has 0 saturated carbocycles. The molecule has 2 heterocycles. The summed E-state index contributed by atoms with van der Waals surface area (Å²) in [6.45, 7) is 1.25. The van der Waals surface area contributed by atoms with E-state index in [1.165, 1.54) is 0 Å². The van der Waals surface area contributed by atoms with Gasteiger partial charge in [0.05, 0.1) is 17.9 Å². The molecule has 0 bridgehead atoms. The van der Waals surface area contributed by atoms with Crippen molar-refractivity contribution >= 4 is 23.0 Å². The van der Waals surface area contributed by atoms with E-state index in [-0.39, 0.29) is 18.7 Å². The lowest BCUT2D eigenvalue weighted by Crippen LogP contribution is -2.51. The number of aromatic nitrogens is 2. The average molecular weight is 377 g/mol. The van der Waals surface area contributed by atoms with E-state index in [0.29, 0.717) is 18.8 Å². The van der Waals surface area contributed by atoms with Crippen molar-refractivity contribution in [3.05, 3.63) is 48.3 Å². The lowest BCUT2D eigenvalue weighted by molar-refractivity contribution is 0.0866. The highest BCUT2D eigenvalue weighted by molar-refractivity contribution is 7.84. The molecule has 1 aliphatic heterocycles. The Morgan fingerprint density at radius 1 is 1.42 bits per heavy atom. The first-order valence-electron chi connectivity index (χ1n) is 8.44. The number of piperidine rings is 1. The van der Waals surface area contributed by atoms with Gasteiger partial charge in [0.2, 0.25) is 0 Å². The van der Waals surface area contributed by atoms with E-state index >= 15 is 0 Å². The van der Waals surface area contributed by atoms with Crippen LogP contribution in [0.5, 0.6) is 0 Å². The van der Waals surface area contributed by atoms with E-state index in [9.17, 15) is 9.00 Å². The number of nitrogens with zero attached hydrogens (tertiary/aromatic N) is 4. The predicted molar refractivity (Wildman–Crippen MR) is 99.2 cm³/mol. The molecule has 2 unspecified atom stereocenters.